The summed E-state index contributed by atoms with van der Waals surface area (Å²) < 4.78 is 3.41. The van der Waals surface area contributed by atoms with Gasteiger partial charge in [-0.25, -0.2) is 0 Å². The Morgan fingerprint density at radius 2 is 0.500 bits per heavy atom. The molecule has 0 spiro atoms. The van der Waals surface area contributed by atoms with Gasteiger partial charge in [-0.15, -0.1) is 0 Å². The van der Waals surface area contributed by atoms with Crippen LogP contribution in [-0.4, -0.2) is 41.0 Å². The van der Waals surface area contributed by atoms with Crippen LogP contribution in [0.2, 0.25) is 44.3 Å². The molecule has 0 amide bonds. The summed E-state index contributed by atoms with van der Waals surface area (Å²) in [5.41, 5.74) is 7.04. The van der Waals surface area contributed by atoms with Crippen molar-refractivity contribution in [2.24, 2.45) is 0 Å². The molecule has 0 aliphatic carbocycles. The topological polar surface area (TPSA) is 3.24 Å². The fourth-order valence-corrected chi connectivity index (χ4v) is 137. The van der Waals surface area contributed by atoms with Crippen LogP contribution in [0.3, 0.4) is 0 Å². The van der Waals surface area contributed by atoms with Gasteiger partial charge in [-0.2, -0.15) is 0 Å². The third-order valence-corrected chi connectivity index (χ3v) is 86.2. The second kappa shape index (κ2) is 9.23. The third kappa shape index (κ3) is 2.89. The largest absolute Gasteiger partial charge is 0.351 e. The van der Waals surface area contributed by atoms with Crippen molar-refractivity contribution in [2.45, 2.75) is 155 Å². The van der Waals surface area contributed by atoms with Crippen LogP contribution < -0.4 is 0 Å². The fraction of sp³-hybridized carbons (Fsp3) is 1.00. The Kier molecular flexibility index (Phi) is 8.88. The molecular formula is C25H59NSi4. The second-order valence-corrected chi connectivity index (χ2v) is 48.7. The molecule has 0 radical (unpaired) electrons. The number of rotatable bonds is 8. The third-order valence-electron chi connectivity index (χ3n) is 10.3. The molecule has 1 saturated heterocycles. The Morgan fingerprint density at radius 3 is 0.600 bits per heavy atom. The van der Waals surface area contributed by atoms with E-state index in [1.54, 1.807) is 0 Å². The van der Waals surface area contributed by atoms with Crippen LogP contribution in [0.1, 0.15) is 111 Å². The first-order valence-corrected chi connectivity index (χ1v) is 24.7. The van der Waals surface area contributed by atoms with E-state index in [2.05, 4.69) is 122 Å². The summed E-state index contributed by atoms with van der Waals surface area (Å²) in [6, 6.07) is 0. The van der Waals surface area contributed by atoms with Gasteiger partial charge in [0.15, 0.2) is 0 Å². The van der Waals surface area contributed by atoms with E-state index < -0.39 is 29.7 Å². The lowest BCUT2D eigenvalue weighted by Crippen LogP contribution is -2.84. The minimum Gasteiger partial charge on any atom is -0.351 e. The molecular weight excluding hydrogens is 427 g/mol. The van der Waals surface area contributed by atoms with E-state index in [0.717, 1.165) is 44.3 Å². The molecule has 0 atom stereocenters. The number of hydrogen-bond acceptors (Lipinski definition) is 1. The van der Waals surface area contributed by atoms with Crippen molar-refractivity contribution < 1.29 is 0 Å². The van der Waals surface area contributed by atoms with Gasteiger partial charge in [-0.05, 0) is 29.2 Å². The van der Waals surface area contributed by atoms with Crippen LogP contribution in [0.5, 0.6) is 0 Å². The van der Waals surface area contributed by atoms with Crippen molar-refractivity contribution >= 4 is 29.7 Å². The van der Waals surface area contributed by atoms with Gasteiger partial charge >= 0.3 is 0 Å². The summed E-state index contributed by atoms with van der Waals surface area (Å²) >= 11 is 0. The van der Waals surface area contributed by atoms with Gasteiger partial charge in [0.1, 0.15) is 15.5 Å². The second-order valence-electron chi connectivity index (χ2n) is 13.2. The quantitative estimate of drug-likeness (QED) is 0.309. The molecule has 180 valence electrons. The molecule has 0 aromatic carbocycles. The lowest BCUT2D eigenvalue weighted by Gasteiger charge is -2.64. The molecule has 0 aromatic rings. The van der Waals surface area contributed by atoms with E-state index in [1.807, 2.05) is 0 Å². The Balaban J connectivity index is 4.65. The van der Waals surface area contributed by atoms with Gasteiger partial charge < -0.3 is 4.23 Å². The van der Waals surface area contributed by atoms with Crippen molar-refractivity contribution in [1.29, 1.82) is 0 Å². The van der Waals surface area contributed by atoms with Crippen LogP contribution in [0, 0.1) is 0 Å². The van der Waals surface area contributed by atoms with E-state index in [1.165, 1.54) is 0 Å². The Labute approximate surface area is 195 Å². The zero-order valence-corrected chi connectivity index (χ0v) is 28.1. The SMILES string of the molecule is CC(C)[Si]1(C(C)C)N(C)[Si](C(C)C)(C(C)C)[Si](C(C)C)(C(C)C)[Si]1(C(C)C)C(C)C. The van der Waals surface area contributed by atoms with Crippen molar-refractivity contribution in [3.05, 3.63) is 0 Å². The summed E-state index contributed by atoms with van der Waals surface area (Å²) in [7, 11) is -4.03. The minimum absolute atomic E-state index is 0.857. The first-order valence-electron chi connectivity index (χ1n) is 13.2. The number of hydrogen-bond donors (Lipinski definition) is 0. The smallest absolute Gasteiger partial charge is 0.114 e. The molecule has 1 aliphatic rings. The molecule has 1 nitrogen and oxygen atoms in total. The minimum atomic E-state index is -1.72. The van der Waals surface area contributed by atoms with Gasteiger partial charge in [-0.1, -0.05) is 133 Å². The molecule has 0 bridgehead atoms. The van der Waals surface area contributed by atoms with Gasteiger partial charge in [0.25, 0.3) is 0 Å². The summed E-state index contributed by atoms with van der Waals surface area (Å²) in [5, 5.41) is 0. The van der Waals surface area contributed by atoms with Crippen molar-refractivity contribution in [2.75, 3.05) is 7.05 Å². The van der Waals surface area contributed by atoms with Crippen LogP contribution in [0.15, 0.2) is 0 Å². The standard InChI is InChI=1S/C25H59NSi4/c1-18(2)27(19(3)4)26(17)28(20(5)6,21(7)8)30(24(13)14,25(15)16)29(27,22(9)10)23(11)12/h18-25H,1-17H3. The summed E-state index contributed by atoms with van der Waals surface area (Å²) in [6.45, 7) is 43.0. The first-order chi connectivity index (χ1) is 13.5. The average Bonchev–Trinajstić information content (AvgIpc) is 2.76. The molecule has 0 saturated carbocycles. The Morgan fingerprint density at radius 1 is 0.333 bits per heavy atom. The van der Waals surface area contributed by atoms with Crippen molar-refractivity contribution in [3.63, 3.8) is 0 Å². The lowest BCUT2D eigenvalue weighted by atomic mass is 10.5. The summed E-state index contributed by atoms with van der Waals surface area (Å²) in [5.74, 6) is 0. The highest BCUT2D eigenvalue weighted by Gasteiger charge is 2.87. The van der Waals surface area contributed by atoms with Gasteiger partial charge in [-0.3, -0.25) is 0 Å². The van der Waals surface area contributed by atoms with Gasteiger partial charge in [0.2, 0.25) is 0 Å². The lowest BCUT2D eigenvalue weighted by molar-refractivity contribution is 0.649. The van der Waals surface area contributed by atoms with Crippen molar-refractivity contribution in [3.8, 4) is 0 Å². The Bertz CT molecular complexity index is 496. The predicted octanol–water partition coefficient (Wildman–Crippen LogP) is 9.24. The van der Waals surface area contributed by atoms with Crippen LogP contribution in [0.4, 0.5) is 0 Å². The molecule has 1 rings (SSSR count). The van der Waals surface area contributed by atoms with E-state index in [9.17, 15) is 0 Å². The van der Waals surface area contributed by atoms with Crippen LogP contribution >= 0.6 is 0 Å². The van der Waals surface area contributed by atoms with E-state index in [-0.39, 0.29) is 0 Å². The highest BCUT2D eigenvalue weighted by molar-refractivity contribution is 7.90. The highest BCUT2D eigenvalue weighted by atomic mass is 29.9. The van der Waals surface area contributed by atoms with Crippen LogP contribution in [-0.2, 0) is 0 Å². The summed E-state index contributed by atoms with van der Waals surface area (Å²) in [6.07, 6.45) is 0. The summed E-state index contributed by atoms with van der Waals surface area (Å²) in [4.78, 5) is 0. The fourth-order valence-electron chi connectivity index (χ4n) is 11.4. The first kappa shape index (κ1) is 28.9. The van der Waals surface area contributed by atoms with Gasteiger partial charge in [0, 0.05) is 0 Å². The van der Waals surface area contributed by atoms with Crippen LogP contribution in [0.25, 0.3) is 0 Å². The van der Waals surface area contributed by atoms with Gasteiger partial charge in [0.05, 0.1) is 14.2 Å². The molecule has 1 heterocycles. The maximum Gasteiger partial charge on any atom is 0.114 e. The molecule has 30 heavy (non-hydrogen) atoms. The maximum atomic E-state index is 3.41. The number of nitrogens with zero attached hydrogens (tertiary/aromatic N) is 1. The molecule has 1 aliphatic heterocycles. The molecule has 0 unspecified atom stereocenters. The monoisotopic (exact) mass is 485 g/mol. The predicted molar refractivity (Wildman–Crippen MR) is 152 cm³/mol. The molecule has 0 aromatic heterocycles. The molecule has 1 fully saturated rings. The zero-order chi connectivity index (χ0) is 24.2. The van der Waals surface area contributed by atoms with E-state index in [4.69, 9.17) is 0 Å². The average molecular weight is 486 g/mol. The molecule has 5 heteroatoms. The van der Waals surface area contributed by atoms with Crippen molar-refractivity contribution in [1.82, 2.24) is 4.23 Å². The molecule has 0 N–H and O–H groups in total. The van der Waals surface area contributed by atoms with E-state index in [0.29, 0.717) is 0 Å². The Hall–Kier alpha value is 0.828. The maximum absolute atomic E-state index is 3.41. The zero-order valence-electron chi connectivity index (χ0n) is 24.1. The highest BCUT2D eigenvalue weighted by Crippen LogP contribution is 2.71. The van der Waals surface area contributed by atoms with E-state index >= 15 is 0 Å². The normalized spacial score (nSPS) is 23.5.